The zero-order chi connectivity index (χ0) is 14.8. The molecule has 0 saturated carbocycles. The number of hydrogen-bond acceptors (Lipinski definition) is 3. The van der Waals surface area contributed by atoms with E-state index in [1.807, 2.05) is 53.1 Å². The van der Waals surface area contributed by atoms with Gasteiger partial charge < -0.3 is 5.73 Å². The lowest BCUT2D eigenvalue weighted by Gasteiger charge is -2.12. The minimum atomic E-state index is 0.342. The maximum absolute atomic E-state index is 5.81. The van der Waals surface area contributed by atoms with Gasteiger partial charge in [-0.3, -0.25) is 4.57 Å². The number of nitrogens with two attached hydrogens (primary N) is 1. The molecule has 5 heteroatoms. The molecule has 3 rings (SSSR count). The molecule has 0 saturated heterocycles. The van der Waals surface area contributed by atoms with Gasteiger partial charge in [0.2, 0.25) is 0 Å². The summed E-state index contributed by atoms with van der Waals surface area (Å²) in [6.45, 7) is 2.40. The van der Waals surface area contributed by atoms with Crippen LogP contribution in [0.15, 0.2) is 53.0 Å². The number of para-hydroxylation sites is 1. The Morgan fingerprint density at radius 1 is 1.05 bits per heavy atom. The average molecular weight is 343 g/mol. The van der Waals surface area contributed by atoms with Gasteiger partial charge in [-0.25, -0.2) is 0 Å². The third-order valence-electron chi connectivity index (χ3n) is 3.44. The Morgan fingerprint density at radius 3 is 2.52 bits per heavy atom. The molecule has 0 amide bonds. The van der Waals surface area contributed by atoms with Crippen molar-refractivity contribution >= 4 is 15.9 Å². The van der Waals surface area contributed by atoms with Crippen LogP contribution >= 0.6 is 15.9 Å². The van der Waals surface area contributed by atoms with Gasteiger partial charge in [-0.05, 0) is 30.7 Å². The first-order valence-electron chi connectivity index (χ1n) is 6.67. The smallest absolute Gasteiger partial charge is 0.168 e. The van der Waals surface area contributed by atoms with E-state index in [-0.39, 0.29) is 0 Å². The van der Waals surface area contributed by atoms with Crippen molar-refractivity contribution < 1.29 is 0 Å². The first-order chi connectivity index (χ1) is 10.2. The van der Waals surface area contributed by atoms with Crippen LogP contribution in [0.4, 0.5) is 0 Å². The molecular formula is C16H15BrN4. The molecule has 2 aromatic carbocycles. The molecule has 106 valence electrons. The van der Waals surface area contributed by atoms with Crippen LogP contribution in [0.2, 0.25) is 0 Å². The van der Waals surface area contributed by atoms with Gasteiger partial charge in [-0.2, -0.15) is 0 Å². The molecule has 4 nitrogen and oxygen atoms in total. The van der Waals surface area contributed by atoms with Crippen LogP contribution in [-0.2, 0) is 6.54 Å². The van der Waals surface area contributed by atoms with Gasteiger partial charge in [0.25, 0.3) is 0 Å². The average Bonchev–Trinajstić information content (AvgIpc) is 2.94. The molecule has 21 heavy (non-hydrogen) atoms. The number of benzene rings is 2. The molecule has 0 aliphatic rings. The molecule has 0 unspecified atom stereocenters. The number of nitrogens with zero attached hydrogens (tertiary/aromatic N) is 3. The minimum absolute atomic E-state index is 0.342. The van der Waals surface area contributed by atoms with Crippen LogP contribution in [0.3, 0.4) is 0 Å². The Bertz CT molecular complexity index is 765. The molecule has 0 aliphatic carbocycles. The summed E-state index contributed by atoms with van der Waals surface area (Å²) in [5.74, 6) is 1.55. The van der Waals surface area contributed by atoms with E-state index in [0.29, 0.717) is 6.54 Å². The number of rotatable bonds is 3. The highest BCUT2D eigenvalue weighted by Crippen LogP contribution is 2.29. The molecule has 0 aliphatic heterocycles. The third kappa shape index (κ3) is 2.50. The van der Waals surface area contributed by atoms with E-state index in [0.717, 1.165) is 32.9 Å². The molecule has 1 aromatic heterocycles. The minimum Gasteiger partial charge on any atom is -0.324 e. The Balaban J connectivity index is 2.25. The summed E-state index contributed by atoms with van der Waals surface area (Å²) in [5.41, 5.74) is 9.00. The van der Waals surface area contributed by atoms with E-state index in [1.54, 1.807) is 0 Å². The lowest BCUT2D eigenvalue weighted by atomic mass is 10.1. The monoisotopic (exact) mass is 342 g/mol. The summed E-state index contributed by atoms with van der Waals surface area (Å²) >= 11 is 3.57. The zero-order valence-electron chi connectivity index (χ0n) is 11.6. The fraction of sp³-hybridized carbons (Fsp3) is 0.125. The van der Waals surface area contributed by atoms with Gasteiger partial charge in [0.1, 0.15) is 0 Å². The Morgan fingerprint density at radius 2 is 1.81 bits per heavy atom. The lowest BCUT2D eigenvalue weighted by molar-refractivity contribution is 0.861. The predicted molar refractivity (Wildman–Crippen MR) is 87.1 cm³/mol. The van der Waals surface area contributed by atoms with Gasteiger partial charge in [0.05, 0.1) is 6.54 Å². The molecule has 3 aromatic rings. The molecule has 0 radical (unpaired) electrons. The zero-order valence-corrected chi connectivity index (χ0v) is 13.2. The first-order valence-corrected chi connectivity index (χ1v) is 7.47. The second kappa shape index (κ2) is 5.79. The second-order valence-corrected chi connectivity index (χ2v) is 5.58. The number of hydrogen-bond donors (Lipinski definition) is 1. The quantitative estimate of drug-likeness (QED) is 0.792. The Kier molecular flexibility index (Phi) is 3.86. The van der Waals surface area contributed by atoms with E-state index in [2.05, 4.69) is 33.1 Å². The van der Waals surface area contributed by atoms with E-state index in [4.69, 9.17) is 5.73 Å². The maximum atomic E-state index is 5.81. The summed E-state index contributed by atoms with van der Waals surface area (Å²) in [6, 6.07) is 16.1. The lowest BCUT2D eigenvalue weighted by Crippen LogP contribution is -2.08. The van der Waals surface area contributed by atoms with E-state index >= 15 is 0 Å². The van der Waals surface area contributed by atoms with Crippen molar-refractivity contribution in [1.82, 2.24) is 14.8 Å². The van der Waals surface area contributed by atoms with E-state index in [9.17, 15) is 0 Å². The molecule has 0 atom stereocenters. The van der Waals surface area contributed by atoms with Crippen LogP contribution in [0.1, 0.15) is 11.4 Å². The molecule has 1 heterocycles. The van der Waals surface area contributed by atoms with Crippen molar-refractivity contribution in [3.05, 3.63) is 64.4 Å². The van der Waals surface area contributed by atoms with Crippen molar-refractivity contribution in [2.45, 2.75) is 13.5 Å². The fourth-order valence-corrected chi connectivity index (χ4v) is 2.69. The van der Waals surface area contributed by atoms with Crippen molar-refractivity contribution in [3.8, 4) is 17.1 Å². The van der Waals surface area contributed by atoms with E-state index < -0.39 is 0 Å². The Labute approximate surface area is 131 Å². The third-order valence-corrected chi connectivity index (χ3v) is 4.29. The van der Waals surface area contributed by atoms with Crippen LogP contribution in [0.25, 0.3) is 17.1 Å². The summed E-state index contributed by atoms with van der Waals surface area (Å²) in [7, 11) is 0. The summed E-state index contributed by atoms with van der Waals surface area (Å²) in [4.78, 5) is 0. The van der Waals surface area contributed by atoms with Gasteiger partial charge in [-0.15, -0.1) is 10.2 Å². The SMILES string of the molecule is Cc1c(Br)cccc1-c1nnc(CN)n1-c1ccccc1. The van der Waals surface area contributed by atoms with E-state index in [1.165, 1.54) is 0 Å². The van der Waals surface area contributed by atoms with Gasteiger partial charge in [-0.1, -0.05) is 46.3 Å². The Hall–Kier alpha value is -1.98. The van der Waals surface area contributed by atoms with Crippen LogP contribution in [-0.4, -0.2) is 14.8 Å². The van der Waals surface area contributed by atoms with Crippen molar-refractivity contribution in [3.63, 3.8) is 0 Å². The van der Waals surface area contributed by atoms with Gasteiger partial charge >= 0.3 is 0 Å². The fourth-order valence-electron chi connectivity index (χ4n) is 2.32. The molecule has 2 N–H and O–H groups in total. The summed E-state index contributed by atoms with van der Waals surface area (Å²) in [6.07, 6.45) is 0. The van der Waals surface area contributed by atoms with Gasteiger partial charge in [0, 0.05) is 15.7 Å². The topological polar surface area (TPSA) is 56.7 Å². The molecule has 0 spiro atoms. The van der Waals surface area contributed by atoms with Crippen LogP contribution < -0.4 is 5.73 Å². The van der Waals surface area contributed by atoms with Crippen LogP contribution in [0.5, 0.6) is 0 Å². The number of aromatic nitrogens is 3. The first kappa shape index (κ1) is 14.0. The molecular weight excluding hydrogens is 328 g/mol. The van der Waals surface area contributed by atoms with Crippen molar-refractivity contribution in [1.29, 1.82) is 0 Å². The normalized spacial score (nSPS) is 10.8. The van der Waals surface area contributed by atoms with Crippen molar-refractivity contribution in [2.75, 3.05) is 0 Å². The molecule has 0 bridgehead atoms. The highest BCUT2D eigenvalue weighted by Gasteiger charge is 2.16. The van der Waals surface area contributed by atoms with Gasteiger partial charge in [0.15, 0.2) is 11.6 Å². The molecule has 0 fully saturated rings. The summed E-state index contributed by atoms with van der Waals surface area (Å²) in [5, 5.41) is 8.58. The highest BCUT2D eigenvalue weighted by molar-refractivity contribution is 9.10. The predicted octanol–water partition coefficient (Wildman–Crippen LogP) is 3.46. The highest BCUT2D eigenvalue weighted by atomic mass is 79.9. The number of halogens is 1. The second-order valence-electron chi connectivity index (χ2n) is 4.73. The maximum Gasteiger partial charge on any atom is 0.168 e. The standard InChI is InChI=1S/C16H15BrN4/c1-11-13(8-5-9-14(11)17)16-20-19-15(10-18)21(16)12-6-3-2-4-7-12/h2-9H,10,18H2,1H3. The largest absolute Gasteiger partial charge is 0.324 e. The summed E-state index contributed by atoms with van der Waals surface area (Å²) < 4.78 is 3.06. The van der Waals surface area contributed by atoms with Crippen molar-refractivity contribution in [2.24, 2.45) is 5.73 Å². The van der Waals surface area contributed by atoms with Crippen LogP contribution in [0, 0.1) is 6.92 Å².